The van der Waals surface area contributed by atoms with Crippen LogP contribution in [0.4, 0.5) is 5.69 Å². The maximum atomic E-state index is 10.8. The molecule has 0 unspecified atom stereocenters. The van der Waals surface area contributed by atoms with Gasteiger partial charge in [0.1, 0.15) is 12.4 Å². The molecule has 2 atom stereocenters. The van der Waals surface area contributed by atoms with Crippen molar-refractivity contribution in [2.24, 2.45) is 5.73 Å². The Morgan fingerprint density at radius 1 is 1.09 bits per heavy atom. The lowest BCUT2D eigenvalue weighted by Gasteiger charge is -2.40. The van der Waals surface area contributed by atoms with E-state index >= 15 is 0 Å². The number of ether oxygens (including phenoxy) is 1. The number of nitro benzene ring substituents is 1. The molecule has 0 radical (unpaired) electrons. The molecule has 6 nitrogen and oxygen atoms in total. The van der Waals surface area contributed by atoms with E-state index in [-0.39, 0.29) is 22.9 Å². The van der Waals surface area contributed by atoms with Crippen LogP contribution in [0.5, 0.6) is 5.75 Å². The molecule has 0 aromatic heterocycles. The van der Waals surface area contributed by atoms with Crippen molar-refractivity contribution in [2.45, 2.75) is 63.9 Å². The molecule has 2 rings (SSSR count). The number of nitrogens with zero attached hydrogens (tertiary/aromatic N) is 1. The van der Waals surface area contributed by atoms with Crippen molar-refractivity contribution in [2.75, 3.05) is 6.61 Å². The molecule has 0 amide bonds. The molecule has 32 heavy (non-hydrogen) atoms. The molecule has 0 aliphatic carbocycles. The highest BCUT2D eigenvalue weighted by Gasteiger charge is 2.40. The van der Waals surface area contributed by atoms with Crippen LogP contribution in [0.25, 0.3) is 6.08 Å². The summed E-state index contributed by atoms with van der Waals surface area (Å²) in [6.45, 7) is 11.5. The Morgan fingerprint density at radius 2 is 1.72 bits per heavy atom. The molecule has 0 aliphatic rings. The molecular formula is C25H36N2O4Si. The molecular weight excluding hydrogens is 420 g/mol. The van der Waals surface area contributed by atoms with Gasteiger partial charge in [0.15, 0.2) is 8.32 Å². The Hall–Kier alpha value is -2.48. The first-order valence-electron chi connectivity index (χ1n) is 11.0. The molecule has 7 heteroatoms. The summed E-state index contributed by atoms with van der Waals surface area (Å²) >= 11 is 0. The molecule has 0 spiro atoms. The van der Waals surface area contributed by atoms with Crippen LogP contribution in [-0.2, 0) is 4.43 Å². The molecule has 0 saturated heterocycles. The van der Waals surface area contributed by atoms with E-state index in [1.54, 1.807) is 12.1 Å². The molecule has 2 N–H and O–H groups in total. The molecule has 0 bridgehead atoms. The van der Waals surface area contributed by atoms with Crippen molar-refractivity contribution >= 4 is 20.1 Å². The number of hydrogen-bond acceptors (Lipinski definition) is 5. The predicted octanol–water partition coefficient (Wildman–Crippen LogP) is 6.18. The zero-order chi connectivity index (χ0) is 23.8. The van der Waals surface area contributed by atoms with E-state index < -0.39 is 13.2 Å². The summed E-state index contributed by atoms with van der Waals surface area (Å²) in [5.41, 5.74) is 7.59. The largest absolute Gasteiger partial charge is 0.491 e. The number of hydrogen-bond donors (Lipinski definition) is 1. The fourth-order valence-corrected chi connectivity index (χ4v) is 4.25. The predicted molar refractivity (Wildman–Crippen MR) is 133 cm³/mol. The monoisotopic (exact) mass is 456 g/mol. The Balaban J connectivity index is 1.99. The van der Waals surface area contributed by atoms with E-state index in [0.29, 0.717) is 6.61 Å². The van der Waals surface area contributed by atoms with Crippen LogP contribution < -0.4 is 10.5 Å². The number of nitro groups is 1. The highest BCUT2D eigenvalue weighted by atomic mass is 28.4. The quantitative estimate of drug-likeness (QED) is 0.248. The van der Waals surface area contributed by atoms with Gasteiger partial charge >= 0.3 is 0 Å². The van der Waals surface area contributed by atoms with Crippen LogP contribution in [0, 0.1) is 10.1 Å². The van der Waals surface area contributed by atoms with Gasteiger partial charge in [-0.25, -0.2) is 0 Å². The minimum absolute atomic E-state index is 0.0769. The summed E-state index contributed by atoms with van der Waals surface area (Å²) in [5.74, 6) is 0.807. The zero-order valence-electron chi connectivity index (χ0n) is 19.8. The van der Waals surface area contributed by atoms with Gasteiger partial charge in [0, 0.05) is 18.2 Å². The van der Waals surface area contributed by atoms with Gasteiger partial charge < -0.3 is 14.9 Å². The van der Waals surface area contributed by atoms with Crippen molar-refractivity contribution in [1.29, 1.82) is 0 Å². The first-order chi connectivity index (χ1) is 15.0. The maximum Gasteiger partial charge on any atom is 0.269 e. The number of para-hydroxylation sites is 1. The minimum Gasteiger partial charge on any atom is -0.491 e. The lowest BCUT2D eigenvalue weighted by atomic mass is 10.1. The van der Waals surface area contributed by atoms with E-state index in [0.717, 1.165) is 24.2 Å². The Labute approximate surface area is 192 Å². The molecule has 0 fully saturated rings. The van der Waals surface area contributed by atoms with Crippen LogP contribution in [-0.4, -0.2) is 32.0 Å². The number of rotatable bonds is 11. The molecule has 0 aliphatic heterocycles. The van der Waals surface area contributed by atoms with Gasteiger partial charge in [0.25, 0.3) is 5.69 Å². The lowest BCUT2D eigenvalue weighted by molar-refractivity contribution is -0.384. The normalized spacial score (nSPS) is 14.3. The van der Waals surface area contributed by atoms with Gasteiger partial charge in [-0.05, 0) is 60.8 Å². The van der Waals surface area contributed by atoms with Crippen molar-refractivity contribution < 1.29 is 14.1 Å². The summed E-state index contributed by atoms with van der Waals surface area (Å²) < 4.78 is 12.6. The van der Waals surface area contributed by atoms with E-state index in [4.69, 9.17) is 14.9 Å². The Kier molecular flexibility index (Phi) is 9.18. The molecule has 2 aromatic carbocycles. The van der Waals surface area contributed by atoms with Crippen molar-refractivity contribution in [1.82, 2.24) is 0 Å². The summed E-state index contributed by atoms with van der Waals surface area (Å²) in [6.07, 6.45) is 5.33. The average molecular weight is 457 g/mol. The van der Waals surface area contributed by atoms with Gasteiger partial charge in [-0.1, -0.05) is 51.1 Å². The second-order valence-corrected chi connectivity index (χ2v) is 14.3. The Morgan fingerprint density at radius 3 is 2.28 bits per heavy atom. The Bertz CT molecular complexity index is 877. The smallest absolute Gasteiger partial charge is 0.269 e. The van der Waals surface area contributed by atoms with Crippen LogP contribution in [0.2, 0.25) is 18.1 Å². The summed E-state index contributed by atoms with van der Waals surface area (Å²) in [6, 6.07) is 16.0. The van der Waals surface area contributed by atoms with Crippen LogP contribution in [0.15, 0.2) is 60.7 Å². The van der Waals surface area contributed by atoms with E-state index in [9.17, 15) is 10.1 Å². The SMILES string of the molecule is CC(C)(C)[Si](C)(C)O[C@H](COc1ccccc1)[C@H](N)CC/C=C/c1ccc([N+](=O)[O-])cc1. The second kappa shape index (κ2) is 11.4. The maximum absolute atomic E-state index is 10.8. The van der Waals surface area contributed by atoms with Crippen molar-refractivity contribution in [3.63, 3.8) is 0 Å². The molecule has 0 heterocycles. The summed E-state index contributed by atoms with van der Waals surface area (Å²) in [4.78, 5) is 10.4. The highest BCUT2D eigenvalue weighted by molar-refractivity contribution is 6.74. The molecule has 2 aromatic rings. The highest BCUT2D eigenvalue weighted by Crippen LogP contribution is 2.37. The third kappa shape index (κ3) is 7.89. The third-order valence-electron chi connectivity index (χ3n) is 5.97. The number of non-ortho nitro benzene ring substituents is 1. The van der Waals surface area contributed by atoms with Crippen LogP contribution in [0.1, 0.15) is 39.2 Å². The number of allylic oxidation sites excluding steroid dienone is 1. The fraction of sp³-hybridized carbons (Fsp3) is 0.440. The molecule has 0 saturated carbocycles. The van der Waals surface area contributed by atoms with Crippen molar-refractivity contribution in [3.05, 3.63) is 76.4 Å². The van der Waals surface area contributed by atoms with Gasteiger partial charge in [0.05, 0.1) is 11.0 Å². The first kappa shape index (κ1) is 25.8. The number of nitrogens with two attached hydrogens (primary N) is 1. The fourth-order valence-electron chi connectivity index (χ4n) is 2.90. The van der Waals surface area contributed by atoms with Gasteiger partial charge in [0.2, 0.25) is 0 Å². The minimum atomic E-state index is -2.02. The van der Waals surface area contributed by atoms with Gasteiger partial charge in [-0.2, -0.15) is 0 Å². The van der Waals surface area contributed by atoms with Gasteiger partial charge in [-0.15, -0.1) is 0 Å². The van der Waals surface area contributed by atoms with Crippen LogP contribution >= 0.6 is 0 Å². The topological polar surface area (TPSA) is 87.6 Å². The van der Waals surface area contributed by atoms with E-state index in [2.05, 4.69) is 33.9 Å². The summed E-state index contributed by atoms with van der Waals surface area (Å²) in [5, 5.41) is 10.8. The zero-order valence-corrected chi connectivity index (χ0v) is 20.8. The average Bonchev–Trinajstić information content (AvgIpc) is 2.74. The van der Waals surface area contributed by atoms with E-state index in [1.807, 2.05) is 42.5 Å². The third-order valence-corrected chi connectivity index (χ3v) is 10.5. The lowest BCUT2D eigenvalue weighted by Crippen LogP contribution is -2.51. The van der Waals surface area contributed by atoms with Crippen LogP contribution in [0.3, 0.4) is 0 Å². The molecule has 174 valence electrons. The first-order valence-corrected chi connectivity index (χ1v) is 13.9. The van der Waals surface area contributed by atoms with E-state index in [1.165, 1.54) is 12.1 Å². The summed E-state index contributed by atoms with van der Waals surface area (Å²) in [7, 11) is -2.02. The standard InChI is InChI=1S/C25H36N2O4Si/c1-25(2,3)32(4,5)31-24(19-30-22-12-7-6-8-13-22)23(26)14-10-9-11-20-15-17-21(18-16-20)27(28)29/h6-9,11-13,15-18,23-24H,10,14,19,26H2,1-5H3/b11-9+/t23-,24-/m1/s1. The number of benzene rings is 2. The second-order valence-electron chi connectivity index (χ2n) is 9.53. The van der Waals surface area contributed by atoms with Gasteiger partial charge in [-0.3, -0.25) is 10.1 Å². The van der Waals surface area contributed by atoms with Crippen molar-refractivity contribution in [3.8, 4) is 5.75 Å².